The van der Waals surface area contributed by atoms with Crippen molar-refractivity contribution < 1.29 is 22.7 Å². The van der Waals surface area contributed by atoms with E-state index in [1.807, 2.05) is 30.5 Å². The van der Waals surface area contributed by atoms with Crippen molar-refractivity contribution in [1.29, 1.82) is 0 Å². The largest absolute Gasteiger partial charge is 0.497 e. The number of hydrogen-bond donors (Lipinski definition) is 3. The molecule has 4 rings (SSSR count). The standard InChI is InChI=1S/C27H29N5O5S/c1-17(33)31-21-7-5-6-18(12-21)20-13-24(26(30-16-20)32(2)38(4,35)36)27(34)28-11-10-19-15-29-25-9-8-22(37-3)14-23(19)25/h5-9,12-16,29H,10-11H2,1-4H3,(H,28,34)(H,31,33). The Morgan fingerprint density at radius 3 is 2.61 bits per heavy atom. The molecule has 0 aliphatic heterocycles. The molecule has 0 radical (unpaired) electrons. The number of H-pyrrole nitrogens is 1. The molecule has 0 bridgehead atoms. The number of carbonyl (C=O) groups is 2. The van der Waals surface area contributed by atoms with E-state index in [0.717, 1.165) is 32.8 Å². The van der Waals surface area contributed by atoms with E-state index in [1.54, 1.807) is 31.4 Å². The summed E-state index contributed by atoms with van der Waals surface area (Å²) < 4.78 is 30.8. The Balaban J connectivity index is 1.61. The van der Waals surface area contributed by atoms with Crippen LogP contribution >= 0.6 is 0 Å². The Bertz CT molecular complexity index is 1610. The van der Waals surface area contributed by atoms with Crippen LogP contribution in [0, 0.1) is 0 Å². The highest BCUT2D eigenvalue weighted by atomic mass is 32.2. The van der Waals surface area contributed by atoms with Crippen LogP contribution in [0.1, 0.15) is 22.8 Å². The Morgan fingerprint density at radius 2 is 1.89 bits per heavy atom. The molecule has 11 heteroatoms. The Morgan fingerprint density at radius 1 is 1.11 bits per heavy atom. The number of fused-ring (bicyclic) bond motifs is 1. The number of ether oxygens (including phenoxy) is 1. The summed E-state index contributed by atoms with van der Waals surface area (Å²) in [4.78, 5) is 32.3. The van der Waals surface area contributed by atoms with Crippen molar-refractivity contribution in [3.63, 3.8) is 0 Å². The maximum absolute atomic E-state index is 13.3. The first-order valence-electron chi connectivity index (χ1n) is 11.8. The first-order chi connectivity index (χ1) is 18.1. The lowest BCUT2D eigenvalue weighted by Crippen LogP contribution is -2.31. The van der Waals surface area contributed by atoms with Crippen LogP contribution in [0.25, 0.3) is 22.0 Å². The molecule has 3 N–H and O–H groups in total. The summed E-state index contributed by atoms with van der Waals surface area (Å²) in [6.45, 7) is 1.73. The fourth-order valence-electron chi connectivity index (χ4n) is 4.07. The van der Waals surface area contributed by atoms with E-state index in [9.17, 15) is 18.0 Å². The van der Waals surface area contributed by atoms with Gasteiger partial charge in [0.2, 0.25) is 15.9 Å². The van der Waals surface area contributed by atoms with Crippen LogP contribution in [-0.2, 0) is 21.2 Å². The van der Waals surface area contributed by atoms with Gasteiger partial charge >= 0.3 is 0 Å². The lowest BCUT2D eigenvalue weighted by molar-refractivity contribution is -0.114. The second-order valence-electron chi connectivity index (χ2n) is 8.82. The molecule has 10 nitrogen and oxygen atoms in total. The van der Waals surface area contributed by atoms with Crippen LogP contribution in [0.3, 0.4) is 0 Å². The van der Waals surface area contributed by atoms with Crippen molar-refractivity contribution in [2.45, 2.75) is 13.3 Å². The van der Waals surface area contributed by atoms with Gasteiger partial charge in [0.25, 0.3) is 5.91 Å². The zero-order chi connectivity index (χ0) is 27.4. The minimum Gasteiger partial charge on any atom is -0.497 e. The van der Waals surface area contributed by atoms with E-state index >= 15 is 0 Å². The minimum absolute atomic E-state index is 0.0172. The molecule has 0 fully saturated rings. The van der Waals surface area contributed by atoms with E-state index in [2.05, 4.69) is 20.6 Å². The molecule has 0 aliphatic rings. The van der Waals surface area contributed by atoms with Crippen LogP contribution in [0.15, 0.2) is 60.9 Å². The smallest absolute Gasteiger partial charge is 0.255 e. The highest BCUT2D eigenvalue weighted by Gasteiger charge is 2.22. The van der Waals surface area contributed by atoms with Gasteiger partial charge in [-0.05, 0) is 53.9 Å². The molecule has 198 valence electrons. The number of hydrogen-bond acceptors (Lipinski definition) is 6. The number of aromatic amines is 1. The summed E-state index contributed by atoms with van der Waals surface area (Å²) in [6.07, 6.45) is 4.98. The van der Waals surface area contributed by atoms with Crippen LogP contribution in [0.2, 0.25) is 0 Å². The van der Waals surface area contributed by atoms with Gasteiger partial charge in [-0.25, -0.2) is 13.4 Å². The van der Waals surface area contributed by atoms with E-state index < -0.39 is 15.9 Å². The summed E-state index contributed by atoms with van der Waals surface area (Å²) in [5.74, 6) is 0.0873. The number of nitrogens with zero attached hydrogens (tertiary/aromatic N) is 2. The lowest BCUT2D eigenvalue weighted by atomic mass is 10.0. The van der Waals surface area contributed by atoms with Gasteiger partial charge in [0.15, 0.2) is 5.82 Å². The Hall–Kier alpha value is -4.38. The molecule has 0 saturated carbocycles. The Kier molecular flexibility index (Phi) is 7.67. The topological polar surface area (TPSA) is 133 Å². The highest BCUT2D eigenvalue weighted by molar-refractivity contribution is 7.92. The lowest BCUT2D eigenvalue weighted by Gasteiger charge is -2.19. The minimum atomic E-state index is -3.67. The fourth-order valence-corrected chi connectivity index (χ4v) is 4.53. The molecule has 0 saturated heterocycles. The SMILES string of the molecule is COc1ccc2[nH]cc(CCNC(=O)c3cc(-c4cccc(NC(C)=O)c4)cnc3N(C)S(C)(=O)=O)c2c1. The molecule has 0 atom stereocenters. The molecule has 0 spiro atoms. The first kappa shape index (κ1) is 26.7. The van der Waals surface area contributed by atoms with Crippen LogP contribution in [-0.4, -0.2) is 57.2 Å². The van der Waals surface area contributed by atoms with Gasteiger partial charge in [0, 0.05) is 55.1 Å². The van der Waals surface area contributed by atoms with E-state index in [0.29, 0.717) is 29.8 Å². The van der Waals surface area contributed by atoms with Crippen molar-refractivity contribution in [2.24, 2.45) is 0 Å². The van der Waals surface area contributed by atoms with Gasteiger partial charge in [-0.15, -0.1) is 0 Å². The molecule has 0 unspecified atom stereocenters. The predicted molar refractivity (Wildman–Crippen MR) is 148 cm³/mol. The number of pyridine rings is 1. The van der Waals surface area contributed by atoms with Crippen molar-refractivity contribution in [1.82, 2.24) is 15.3 Å². The quantitative estimate of drug-likeness (QED) is 0.300. The molecule has 2 heterocycles. The van der Waals surface area contributed by atoms with Crippen LogP contribution in [0.5, 0.6) is 5.75 Å². The number of rotatable bonds is 9. The molecular weight excluding hydrogens is 506 g/mol. The second-order valence-corrected chi connectivity index (χ2v) is 10.8. The number of amides is 2. The van der Waals surface area contributed by atoms with Gasteiger partial charge < -0.3 is 20.4 Å². The number of aromatic nitrogens is 2. The van der Waals surface area contributed by atoms with Crippen molar-refractivity contribution >= 4 is 44.2 Å². The maximum Gasteiger partial charge on any atom is 0.255 e. The number of sulfonamides is 1. The third-order valence-electron chi connectivity index (χ3n) is 6.08. The zero-order valence-electron chi connectivity index (χ0n) is 21.5. The van der Waals surface area contributed by atoms with Gasteiger partial charge in [0.1, 0.15) is 5.75 Å². The number of nitrogens with one attached hydrogen (secondary N) is 3. The fraction of sp³-hybridized carbons (Fsp3) is 0.222. The first-order valence-corrected chi connectivity index (χ1v) is 13.7. The molecular formula is C27H29N5O5S. The van der Waals surface area contributed by atoms with E-state index in [4.69, 9.17) is 4.74 Å². The molecule has 2 aromatic carbocycles. The monoisotopic (exact) mass is 535 g/mol. The summed E-state index contributed by atoms with van der Waals surface area (Å²) in [7, 11) is -0.709. The number of methoxy groups -OCH3 is 1. The van der Waals surface area contributed by atoms with E-state index in [1.165, 1.54) is 20.2 Å². The normalized spacial score (nSPS) is 11.3. The van der Waals surface area contributed by atoms with E-state index in [-0.39, 0.29) is 17.3 Å². The number of anilines is 2. The van der Waals surface area contributed by atoms with Crippen molar-refractivity contribution in [2.75, 3.05) is 36.6 Å². The summed E-state index contributed by atoms with van der Waals surface area (Å²) in [6, 6.07) is 14.4. The van der Waals surface area contributed by atoms with Crippen LogP contribution < -0.4 is 19.7 Å². The number of benzene rings is 2. The summed E-state index contributed by atoms with van der Waals surface area (Å²) >= 11 is 0. The molecule has 2 amide bonds. The van der Waals surface area contributed by atoms with Crippen LogP contribution in [0.4, 0.5) is 11.5 Å². The second kappa shape index (κ2) is 10.9. The summed E-state index contributed by atoms with van der Waals surface area (Å²) in [5, 5.41) is 6.62. The average molecular weight is 536 g/mol. The van der Waals surface area contributed by atoms with Gasteiger partial charge in [-0.2, -0.15) is 0 Å². The highest BCUT2D eigenvalue weighted by Crippen LogP contribution is 2.28. The molecule has 38 heavy (non-hydrogen) atoms. The Labute approximate surface area is 221 Å². The zero-order valence-corrected chi connectivity index (χ0v) is 22.3. The van der Waals surface area contributed by atoms with Gasteiger partial charge in [-0.3, -0.25) is 13.9 Å². The van der Waals surface area contributed by atoms with Gasteiger partial charge in [-0.1, -0.05) is 12.1 Å². The molecule has 2 aromatic heterocycles. The van der Waals surface area contributed by atoms with Gasteiger partial charge in [0.05, 0.1) is 18.9 Å². The maximum atomic E-state index is 13.3. The predicted octanol–water partition coefficient (Wildman–Crippen LogP) is 3.57. The average Bonchev–Trinajstić information content (AvgIpc) is 3.29. The van der Waals surface area contributed by atoms with Crippen molar-refractivity contribution in [3.05, 3.63) is 72.1 Å². The number of carbonyl (C=O) groups excluding carboxylic acids is 2. The molecule has 4 aromatic rings. The third kappa shape index (κ3) is 5.94. The third-order valence-corrected chi connectivity index (χ3v) is 7.25. The summed E-state index contributed by atoms with van der Waals surface area (Å²) in [5.41, 5.74) is 3.97. The molecule has 0 aliphatic carbocycles. The van der Waals surface area contributed by atoms with Crippen molar-refractivity contribution in [3.8, 4) is 16.9 Å².